The largest absolute Gasteiger partial charge is 0.321 e. The normalized spacial score (nSPS) is 8.73. The maximum Gasteiger partial charge on any atom is 0.247 e. The first kappa shape index (κ1) is 7.40. The molecule has 1 N–H and O–H groups in total. The van der Waals surface area contributed by atoms with Gasteiger partial charge in [0.2, 0.25) is 5.91 Å². The van der Waals surface area contributed by atoms with Crippen LogP contribution < -0.4 is 5.32 Å². The average Bonchev–Trinajstić information content (AvgIpc) is 2.06. The van der Waals surface area contributed by atoms with Gasteiger partial charge in [-0.1, -0.05) is 6.58 Å². The molecule has 0 aromatic carbocycles. The van der Waals surface area contributed by atoms with Crippen LogP contribution in [0.3, 0.4) is 0 Å². The Morgan fingerprint density at radius 2 is 2.45 bits per heavy atom. The number of amides is 1. The standard InChI is InChI=1S/C7H7N3O/c1-2-7(11)10-6-3-4-8-9-5-6/h2-5H,1H2,(H,8,10,11). The molecule has 11 heavy (non-hydrogen) atoms. The third kappa shape index (κ3) is 2.17. The van der Waals surface area contributed by atoms with Crippen LogP contribution in [0.2, 0.25) is 0 Å². The van der Waals surface area contributed by atoms with Crippen molar-refractivity contribution in [2.24, 2.45) is 0 Å². The summed E-state index contributed by atoms with van der Waals surface area (Å²) in [5.41, 5.74) is 0.616. The summed E-state index contributed by atoms with van der Waals surface area (Å²) in [6, 6.07) is 1.65. The van der Waals surface area contributed by atoms with Crippen LogP contribution in [0, 0.1) is 0 Å². The van der Waals surface area contributed by atoms with Crippen molar-refractivity contribution in [2.45, 2.75) is 0 Å². The van der Waals surface area contributed by atoms with E-state index in [4.69, 9.17) is 0 Å². The quantitative estimate of drug-likeness (QED) is 0.626. The Labute approximate surface area is 64.0 Å². The van der Waals surface area contributed by atoms with Gasteiger partial charge in [0.1, 0.15) is 0 Å². The summed E-state index contributed by atoms with van der Waals surface area (Å²) in [6.45, 7) is 3.31. The van der Waals surface area contributed by atoms with Crippen molar-refractivity contribution in [3.8, 4) is 0 Å². The summed E-state index contributed by atoms with van der Waals surface area (Å²) in [5.74, 6) is -0.252. The highest BCUT2D eigenvalue weighted by Gasteiger charge is 1.94. The van der Waals surface area contributed by atoms with Gasteiger partial charge in [0.15, 0.2) is 0 Å². The number of hydrogen-bond donors (Lipinski definition) is 1. The molecule has 0 aliphatic heterocycles. The lowest BCUT2D eigenvalue weighted by molar-refractivity contribution is -0.111. The highest BCUT2D eigenvalue weighted by Crippen LogP contribution is 1.99. The van der Waals surface area contributed by atoms with Crippen LogP contribution in [0.25, 0.3) is 0 Å². The highest BCUT2D eigenvalue weighted by molar-refractivity contribution is 5.98. The van der Waals surface area contributed by atoms with Crippen molar-refractivity contribution in [1.82, 2.24) is 10.2 Å². The Balaban J connectivity index is 2.65. The second kappa shape index (κ2) is 3.46. The van der Waals surface area contributed by atoms with E-state index >= 15 is 0 Å². The second-order valence-corrected chi connectivity index (χ2v) is 1.82. The molecule has 0 aliphatic rings. The van der Waals surface area contributed by atoms with E-state index in [9.17, 15) is 4.79 Å². The van der Waals surface area contributed by atoms with Crippen molar-refractivity contribution in [2.75, 3.05) is 5.32 Å². The molecule has 56 valence electrons. The number of hydrogen-bond acceptors (Lipinski definition) is 3. The van der Waals surface area contributed by atoms with Crippen LogP contribution in [0.15, 0.2) is 31.1 Å². The zero-order chi connectivity index (χ0) is 8.10. The molecule has 0 radical (unpaired) electrons. The van der Waals surface area contributed by atoms with Gasteiger partial charge < -0.3 is 5.32 Å². The zero-order valence-corrected chi connectivity index (χ0v) is 5.82. The van der Waals surface area contributed by atoms with Crippen LogP contribution in [0.4, 0.5) is 5.69 Å². The number of anilines is 1. The predicted octanol–water partition coefficient (Wildman–Crippen LogP) is 0.601. The van der Waals surface area contributed by atoms with E-state index in [1.54, 1.807) is 6.07 Å². The minimum atomic E-state index is -0.252. The fourth-order valence-corrected chi connectivity index (χ4v) is 0.558. The van der Waals surface area contributed by atoms with Crippen LogP contribution in [0.1, 0.15) is 0 Å². The average molecular weight is 149 g/mol. The van der Waals surface area contributed by atoms with E-state index in [-0.39, 0.29) is 5.91 Å². The van der Waals surface area contributed by atoms with Crippen molar-refractivity contribution >= 4 is 11.6 Å². The molecule has 0 fully saturated rings. The van der Waals surface area contributed by atoms with Crippen LogP contribution in [0.5, 0.6) is 0 Å². The molecule has 0 aliphatic carbocycles. The van der Waals surface area contributed by atoms with Gasteiger partial charge in [-0.15, -0.1) is 0 Å². The van der Waals surface area contributed by atoms with Gasteiger partial charge in [-0.25, -0.2) is 0 Å². The molecule has 4 heteroatoms. The molecule has 0 spiro atoms. The molecule has 0 saturated carbocycles. The summed E-state index contributed by atoms with van der Waals surface area (Å²) >= 11 is 0. The number of aromatic nitrogens is 2. The molecular formula is C7H7N3O. The van der Waals surface area contributed by atoms with E-state index in [0.717, 1.165) is 0 Å². The van der Waals surface area contributed by atoms with Crippen LogP contribution in [-0.4, -0.2) is 16.1 Å². The number of carbonyl (C=O) groups excluding carboxylic acids is 1. The monoisotopic (exact) mass is 149 g/mol. The topological polar surface area (TPSA) is 54.9 Å². The van der Waals surface area contributed by atoms with Gasteiger partial charge in [0.05, 0.1) is 18.1 Å². The first-order valence-electron chi connectivity index (χ1n) is 3.03. The predicted molar refractivity (Wildman–Crippen MR) is 40.9 cm³/mol. The van der Waals surface area contributed by atoms with Crippen molar-refractivity contribution < 1.29 is 4.79 Å². The van der Waals surface area contributed by atoms with Gasteiger partial charge in [-0.2, -0.15) is 10.2 Å². The maximum absolute atomic E-state index is 10.7. The summed E-state index contributed by atoms with van der Waals surface area (Å²) in [4.78, 5) is 10.7. The third-order valence-electron chi connectivity index (χ3n) is 1.04. The van der Waals surface area contributed by atoms with Gasteiger partial charge in [-0.05, 0) is 12.1 Å². The summed E-state index contributed by atoms with van der Waals surface area (Å²) < 4.78 is 0. The minimum absolute atomic E-state index is 0.252. The van der Waals surface area contributed by atoms with Crippen molar-refractivity contribution in [3.63, 3.8) is 0 Å². The number of nitrogens with zero attached hydrogens (tertiary/aromatic N) is 2. The molecule has 0 unspecified atom stereocenters. The molecule has 4 nitrogen and oxygen atoms in total. The molecule has 0 saturated heterocycles. The zero-order valence-electron chi connectivity index (χ0n) is 5.82. The lowest BCUT2D eigenvalue weighted by Gasteiger charge is -1.97. The Hall–Kier alpha value is -1.71. The van der Waals surface area contributed by atoms with E-state index in [2.05, 4.69) is 22.1 Å². The molecule has 1 heterocycles. The number of rotatable bonds is 2. The maximum atomic E-state index is 10.7. The lowest BCUT2D eigenvalue weighted by atomic mass is 10.4. The Bertz CT molecular complexity index is 258. The number of carbonyl (C=O) groups is 1. The SMILES string of the molecule is C=CC(=O)Nc1ccnnc1. The van der Waals surface area contributed by atoms with E-state index in [0.29, 0.717) is 5.69 Å². The van der Waals surface area contributed by atoms with Crippen LogP contribution >= 0.6 is 0 Å². The number of nitrogens with one attached hydrogen (secondary N) is 1. The Morgan fingerprint density at radius 3 is 3.00 bits per heavy atom. The van der Waals surface area contributed by atoms with E-state index < -0.39 is 0 Å². The van der Waals surface area contributed by atoms with E-state index in [1.807, 2.05) is 0 Å². The van der Waals surface area contributed by atoms with E-state index in [1.165, 1.54) is 18.5 Å². The Kier molecular flexibility index (Phi) is 2.32. The highest BCUT2D eigenvalue weighted by atomic mass is 16.1. The molecule has 1 aromatic rings. The van der Waals surface area contributed by atoms with Gasteiger partial charge in [0, 0.05) is 0 Å². The lowest BCUT2D eigenvalue weighted by Crippen LogP contribution is -2.07. The molecular weight excluding hydrogens is 142 g/mol. The molecule has 1 rings (SSSR count). The van der Waals surface area contributed by atoms with Gasteiger partial charge in [0.25, 0.3) is 0 Å². The van der Waals surface area contributed by atoms with Gasteiger partial charge in [-0.3, -0.25) is 4.79 Å². The fourth-order valence-electron chi connectivity index (χ4n) is 0.558. The Morgan fingerprint density at radius 1 is 1.64 bits per heavy atom. The smallest absolute Gasteiger partial charge is 0.247 e. The fraction of sp³-hybridized carbons (Fsp3) is 0. The van der Waals surface area contributed by atoms with Crippen LogP contribution in [-0.2, 0) is 4.79 Å². The summed E-state index contributed by atoms with van der Waals surface area (Å²) in [5, 5.41) is 9.66. The van der Waals surface area contributed by atoms with Gasteiger partial charge >= 0.3 is 0 Å². The molecule has 0 bridgehead atoms. The molecule has 0 atom stereocenters. The first-order chi connectivity index (χ1) is 5.33. The molecule has 1 aromatic heterocycles. The second-order valence-electron chi connectivity index (χ2n) is 1.82. The van der Waals surface area contributed by atoms with Crippen molar-refractivity contribution in [3.05, 3.63) is 31.1 Å². The third-order valence-corrected chi connectivity index (χ3v) is 1.04. The van der Waals surface area contributed by atoms with Crippen molar-refractivity contribution in [1.29, 1.82) is 0 Å². The summed E-state index contributed by atoms with van der Waals surface area (Å²) in [6.07, 6.45) is 4.15. The molecule has 1 amide bonds. The first-order valence-corrected chi connectivity index (χ1v) is 3.03. The minimum Gasteiger partial charge on any atom is -0.321 e. The summed E-state index contributed by atoms with van der Waals surface area (Å²) in [7, 11) is 0.